The van der Waals surface area contributed by atoms with Crippen LogP contribution in [-0.2, 0) is 4.74 Å². The molecule has 0 unspecified atom stereocenters. The van der Waals surface area contributed by atoms with Gasteiger partial charge in [-0.25, -0.2) is 19.3 Å². The monoisotopic (exact) mass is 515 g/mol. The molecule has 0 N–H and O–H groups in total. The summed E-state index contributed by atoms with van der Waals surface area (Å²) < 4.78 is 26.4. The Balaban J connectivity index is 1.46. The van der Waals surface area contributed by atoms with Crippen LogP contribution in [0.3, 0.4) is 0 Å². The number of aromatic nitrogens is 4. The van der Waals surface area contributed by atoms with Gasteiger partial charge in [-0.3, -0.25) is 9.88 Å². The predicted molar refractivity (Wildman–Crippen MR) is 141 cm³/mol. The highest BCUT2D eigenvalue weighted by atomic mass is 35.5. The van der Waals surface area contributed by atoms with Gasteiger partial charge in [-0.15, -0.1) is 0 Å². The van der Waals surface area contributed by atoms with Crippen LogP contribution in [0.4, 0.5) is 4.39 Å². The maximum atomic E-state index is 14.8. The highest BCUT2D eigenvalue weighted by Crippen LogP contribution is 2.37. The van der Waals surface area contributed by atoms with Crippen LogP contribution in [0.1, 0.15) is 0 Å². The van der Waals surface area contributed by atoms with E-state index in [0.717, 1.165) is 54.7 Å². The predicted octanol–water partition coefficient (Wildman–Crippen LogP) is 5.41. The molecule has 1 fully saturated rings. The molecule has 5 aromatic rings. The number of benzene rings is 1. The van der Waals surface area contributed by atoms with E-state index in [1.54, 1.807) is 24.7 Å². The fourth-order valence-corrected chi connectivity index (χ4v) is 4.74. The third-order valence-electron chi connectivity index (χ3n) is 6.43. The van der Waals surface area contributed by atoms with Gasteiger partial charge >= 0.3 is 0 Å². The van der Waals surface area contributed by atoms with Crippen molar-refractivity contribution < 1.29 is 13.9 Å². The first kappa shape index (κ1) is 23.7. The Hall–Kier alpha value is -3.72. The Labute approximate surface area is 217 Å². The first-order chi connectivity index (χ1) is 18.2. The van der Waals surface area contributed by atoms with Gasteiger partial charge in [0, 0.05) is 59.5 Å². The van der Waals surface area contributed by atoms with Crippen molar-refractivity contribution in [3.8, 4) is 28.3 Å². The molecule has 0 radical (unpaired) electrons. The van der Waals surface area contributed by atoms with Crippen LogP contribution in [0.2, 0.25) is 5.02 Å². The molecule has 186 valence electrons. The van der Waals surface area contributed by atoms with E-state index in [1.807, 2.05) is 30.3 Å². The Kier molecular flexibility index (Phi) is 6.61. The van der Waals surface area contributed by atoms with Crippen LogP contribution in [-0.4, -0.2) is 64.3 Å². The number of morpholine rings is 1. The van der Waals surface area contributed by atoms with Gasteiger partial charge in [0.15, 0.2) is 5.65 Å². The van der Waals surface area contributed by atoms with Crippen LogP contribution in [0.15, 0.2) is 67.1 Å². The number of halogens is 2. The molecule has 6 rings (SSSR count). The zero-order valence-corrected chi connectivity index (χ0v) is 20.7. The lowest BCUT2D eigenvalue weighted by Crippen LogP contribution is -2.38. The van der Waals surface area contributed by atoms with E-state index in [-0.39, 0.29) is 0 Å². The van der Waals surface area contributed by atoms with Crippen molar-refractivity contribution in [3.63, 3.8) is 0 Å². The lowest BCUT2D eigenvalue weighted by atomic mass is 9.97. The zero-order valence-electron chi connectivity index (χ0n) is 19.9. The molecule has 0 aliphatic carbocycles. The van der Waals surface area contributed by atoms with E-state index in [0.29, 0.717) is 39.9 Å². The van der Waals surface area contributed by atoms with Crippen molar-refractivity contribution >= 4 is 33.5 Å². The molecule has 4 aromatic heterocycles. The summed E-state index contributed by atoms with van der Waals surface area (Å²) in [5, 5.41) is 2.15. The number of pyridine rings is 4. The summed E-state index contributed by atoms with van der Waals surface area (Å²) in [7, 11) is 0. The number of hydrogen-bond donors (Lipinski definition) is 0. The maximum absolute atomic E-state index is 14.8. The van der Waals surface area contributed by atoms with E-state index < -0.39 is 5.82 Å². The molecule has 0 bridgehead atoms. The molecular weight excluding hydrogens is 493 g/mol. The summed E-state index contributed by atoms with van der Waals surface area (Å²) in [6, 6.07) is 13.9. The van der Waals surface area contributed by atoms with Gasteiger partial charge in [0.2, 0.25) is 5.88 Å². The molecule has 37 heavy (non-hydrogen) atoms. The van der Waals surface area contributed by atoms with E-state index in [4.69, 9.17) is 26.1 Å². The van der Waals surface area contributed by atoms with Crippen molar-refractivity contribution in [3.05, 3.63) is 78.0 Å². The Morgan fingerprint density at radius 1 is 0.946 bits per heavy atom. The first-order valence-corrected chi connectivity index (χ1v) is 12.4. The van der Waals surface area contributed by atoms with Crippen molar-refractivity contribution in [1.29, 1.82) is 0 Å². The normalized spacial score (nSPS) is 14.3. The van der Waals surface area contributed by atoms with Crippen LogP contribution in [0.25, 0.3) is 44.3 Å². The second kappa shape index (κ2) is 10.3. The molecule has 1 saturated heterocycles. The van der Waals surface area contributed by atoms with Gasteiger partial charge in [0.25, 0.3) is 0 Å². The second-order valence-corrected chi connectivity index (χ2v) is 9.19. The highest BCUT2D eigenvalue weighted by Gasteiger charge is 2.17. The van der Waals surface area contributed by atoms with Crippen LogP contribution < -0.4 is 4.74 Å². The number of nitrogens with zero attached hydrogens (tertiary/aromatic N) is 5. The second-order valence-electron chi connectivity index (χ2n) is 8.76. The number of rotatable bonds is 6. The fraction of sp³-hybridized carbons (Fsp3) is 0.214. The quantitative estimate of drug-likeness (QED) is 0.299. The van der Waals surface area contributed by atoms with Crippen molar-refractivity contribution in [2.24, 2.45) is 0 Å². The Morgan fingerprint density at radius 2 is 1.81 bits per heavy atom. The molecule has 1 aliphatic heterocycles. The minimum absolute atomic E-state index is 0.309. The summed E-state index contributed by atoms with van der Waals surface area (Å²) in [5.74, 6) is 0.0853. The van der Waals surface area contributed by atoms with E-state index >= 15 is 0 Å². The number of hydrogen-bond acceptors (Lipinski definition) is 7. The zero-order chi connectivity index (χ0) is 25.2. The average molecular weight is 516 g/mol. The lowest BCUT2D eigenvalue weighted by molar-refractivity contribution is 0.0320. The minimum Gasteiger partial charge on any atom is -0.476 e. The molecule has 0 saturated carbocycles. The lowest BCUT2D eigenvalue weighted by Gasteiger charge is -2.26. The molecule has 7 nitrogen and oxygen atoms in total. The topological polar surface area (TPSA) is 73.3 Å². The van der Waals surface area contributed by atoms with Gasteiger partial charge in [-0.2, -0.15) is 0 Å². The highest BCUT2D eigenvalue weighted by molar-refractivity contribution is 6.30. The molecule has 5 heterocycles. The van der Waals surface area contributed by atoms with Gasteiger partial charge < -0.3 is 9.47 Å². The van der Waals surface area contributed by atoms with Crippen LogP contribution >= 0.6 is 11.6 Å². The smallest absolute Gasteiger partial charge is 0.214 e. The van der Waals surface area contributed by atoms with Gasteiger partial charge in [-0.1, -0.05) is 11.6 Å². The van der Waals surface area contributed by atoms with Gasteiger partial charge in [-0.05, 0) is 53.6 Å². The molecular formula is C28H23ClFN5O2. The molecule has 9 heteroatoms. The van der Waals surface area contributed by atoms with Crippen molar-refractivity contribution in [2.45, 2.75) is 0 Å². The molecule has 1 aliphatic rings. The van der Waals surface area contributed by atoms with Gasteiger partial charge in [0.1, 0.15) is 12.4 Å². The van der Waals surface area contributed by atoms with E-state index in [1.165, 1.54) is 12.1 Å². The van der Waals surface area contributed by atoms with E-state index in [2.05, 4.69) is 19.9 Å². The summed E-state index contributed by atoms with van der Waals surface area (Å²) >= 11 is 6.19. The third-order valence-corrected chi connectivity index (χ3v) is 6.66. The minimum atomic E-state index is -0.408. The number of fused-ring (bicyclic) bond motifs is 2. The van der Waals surface area contributed by atoms with Crippen LogP contribution in [0, 0.1) is 5.82 Å². The Bertz CT molecular complexity index is 1590. The molecule has 1 aromatic carbocycles. The summed E-state index contributed by atoms with van der Waals surface area (Å²) in [4.78, 5) is 20.4. The summed E-state index contributed by atoms with van der Waals surface area (Å²) in [6.45, 7) is 4.54. The maximum Gasteiger partial charge on any atom is 0.214 e. The SMILES string of the molecule is Fc1ccc(Cl)cc1-c1cc(-c2cc(OCCN3CCOCC3)nc3cnccc23)c2cccnc2n1. The van der Waals surface area contributed by atoms with Gasteiger partial charge in [0.05, 0.1) is 30.6 Å². The third kappa shape index (κ3) is 4.96. The number of ether oxygens (including phenoxy) is 2. The van der Waals surface area contributed by atoms with Crippen molar-refractivity contribution in [1.82, 2.24) is 24.8 Å². The standard InChI is InChI=1S/C28H23ClFN5O2/c29-18-3-4-24(30)23(14-18)25-15-21(20-2-1-6-32-28(20)34-25)22-16-27(33-26-17-31-7-5-19(22)26)37-13-10-35-8-11-36-12-9-35/h1-7,14-17H,8-13H2. The molecule has 0 atom stereocenters. The molecule has 0 spiro atoms. The molecule has 0 amide bonds. The largest absolute Gasteiger partial charge is 0.476 e. The van der Waals surface area contributed by atoms with Crippen LogP contribution in [0.5, 0.6) is 5.88 Å². The fourth-order valence-electron chi connectivity index (χ4n) is 4.57. The summed E-state index contributed by atoms with van der Waals surface area (Å²) in [6.07, 6.45) is 5.12. The summed E-state index contributed by atoms with van der Waals surface area (Å²) in [5.41, 5.74) is 3.66. The van der Waals surface area contributed by atoms with E-state index in [9.17, 15) is 4.39 Å². The first-order valence-electron chi connectivity index (χ1n) is 12.0. The Morgan fingerprint density at radius 3 is 2.70 bits per heavy atom. The average Bonchev–Trinajstić information content (AvgIpc) is 2.94. The van der Waals surface area contributed by atoms with Crippen molar-refractivity contribution in [2.75, 3.05) is 39.5 Å².